The number of rotatable bonds is 1. The zero-order valence-corrected chi connectivity index (χ0v) is 11.8. The molecule has 0 bridgehead atoms. The highest BCUT2D eigenvalue weighted by molar-refractivity contribution is 9.10. The smallest absolute Gasteiger partial charge is 0.348 e. The van der Waals surface area contributed by atoms with Crippen LogP contribution in [0.25, 0.3) is 6.08 Å². The molecule has 2 rings (SSSR count). The van der Waals surface area contributed by atoms with Gasteiger partial charge in [0, 0.05) is 19.4 Å². The summed E-state index contributed by atoms with van der Waals surface area (Å²) in [4.78, 5) is 23.4. The van der Waals surface area contributed by atoms with E-state index in [9.17, 15) is 14.0 Å². The van der Waals surface area contributed by atoms with Crippen LogP contribution in [-0.2, 0) is 19.1 Å². The minimum absolute atomic E-state index is 0.0954. The summed E-state index contributed by atoms with van der Waals surface area (Å²) in [5.74, 6) is -3.54. The zero-order valence-electron chi connectivity index (χ0n) is 10.2. The van der Waals surface area contributed by atoms with Crippen molar-refractivity contribution in [1.82, 2.24) is 0 Å². The van der Waals surface area contributed by atoms with E-state index in [2.05, 4.69) is 15.9 Å². The molecule has 1 aliphatic heterocycles. The van der Waals surface area contributed by atoms with Crippen LogP contribution in [0.15, 0.2) is 28.2 Å². The van der Waals surface area contributed by atoms with Gasteiger partial charge in [0.05, 0.1) is 4.47 Å². The Labute approximate surface area is 117 Å². The third-order valence-corrected chi connectivity index (χ3v) is 3.01. The fourth-order valence-electron chi connectivity index (χ4n) is 1.57. The molecule has 1 aromatic rings. The number of carbonyl (C=O) groups excluding carboxylic acids is 2. The summed E-state index contributed by atoms with van der Waals surface area (Å²) < 4.78 is 23.8. The van der Waals surface area contributed by atoms with E-state index in [1.54, 1.807) is 6.07 Å². The number of hydrogen-bond donors (Lipinski definition) is 0. The van der Waals surface area contributed by atoms with Crippen LogP contribution in [0.2, 0.25) is 0 Å². The van der Waals surface area contributed by atoms with Gasteiger partial charge in [0.15, 0.2) is 0 Å². The summed E-state index contributed by atoms with van der Waals surface area (Å²) in [6.07, 6.45) is 1.11. The molecule has 1 aromatic carbocycles. The number of benzene rings is 1. The Morgan fingerprint density at radius 1 is 1.21 bits per heavy atom. The number of cyclic esters (lactones) is 2. The first-order valence-corrected chi connectivity index (χ1v) is 6.22. The van der Waals surface area contributed by atoms with Gasteiger partial charge in [0.1, 0.15) is 11.4 Å². The molecule has 0 unspecified atom stereocenters. The van der Waals surface area contributed by atoms with Crippen molar-refractivity contribution in [3.63, 3.8) is 0 Å². The Morgan fingerprint density at radius 2 is 1.79 bits per heavy atom. The molecular weight excluding hydrogens is 319 g/mol. The van der Waals surface area contributed by atoms with Crippen molar-refractivity contribution in [2.24, 2.45) is 0 Å². The van der Waals surface area contributed by atoms with Crippen molar-refractivity contribution in [2.75, 3.05) is 0 Å². The summed E-state index contributed by atoms with van der Waals surface area (Å²) in [5, 5.41) is 0. The summed E-state index contributed by atoms with van der Waals surface area (Å²) in [6.45, 7) is 2.89. The maximum absolute atomic E-state index is 13.8. The first-order chi connectivity index (χ1) is 8.80. The molecule has 0 aliphatic carbocycles. The van der Waals surface area contributed by atoms with Gasteiger partial charge in [-0.1, -0.05) is 12.1 Å². The van der Waals surface area contributed by atoms with Crippen LogP contribution in [0.4, 0.5) is 4.39 Å². The molecule has 4 nitrogen and oxygen atoms in total. The first kappa shape index (κ1) is 13.7. The molecule has 1 saturated heterocycles. The van der Waals surface area contributed by atoms with Gasteiger partial charge in [-0.15, -0.1) is 0 Å². The lowest BCUT2D eigenvalue weighted by molar-refractivity contribution is -0.222. The molecule has 0 radical (unpaired) electrons. The van der Waals surface area contributed by atoms with Crippen LogP contribution in [-0.4, -0.2) is 17.7 Å². The Kier molecular flexibility index (Phi) is 3.45. The number of carbonyl (C=O) groups is 2. The summed E-state index contributed by atoms with van der Waals surface area (Å²) in [7, 11) is 0. The summed E-state index contributed by atoms with van der Waals surface area (Å²) in [5.41, 5.74) is -0.241. The van der Waals surface area contributed by atoms with Crippen LogP contribution < -0.4 is 0 Å². The summed E-state index contributed by atoms with van der Waals surface area (Å²) >= 11 is 3.02. The molecular formula is C13H10BrFO4. The van der Waals surface area contributed by atoms with Crippen molar-refractivity contribution >= 4 is 33.9 Å². The Balaban J connectivity index is 2.41. The van der Waals surface area contributed by atoms with Crippen molar-refractivity contribution in [3.8, 4) is 0 Å². The van der Waals surface area contributed by atoms with E-state index in [-0.39, 0.29) is 15.6 Å². The molecule has 0 saturated carbocycles. The van der Waals surface area contributed by atoms with E-state index in [1.165, 1.54) is 26.0 Å². The molecule has 0 N–H and O–H groups in total. The van der Waals surface area contributed by atoms with Gasteiger partial charge in [0.2, 0.25) is 0 Å². The van der Waals surface area contributed by atoms with E-state index in [0.717, 1.165) is 6.08 Å². The molecule has 0 aromatic heterocycles. The normalized spacial score (nSPS) is 17.8. The third kappa shape index (κ3) is 2.84. The van der Waals surface area contributed by atoms with Crippen LogP contribution in [0, 0.1) is 5.82 Å². The zero-order chi connectivity index (χ0) is 14.2. The largest absolute Gasteiger partial charge is 0.419 e. The van der Waals surface area contributed by atoms with Crippen LogP contribution >= 0.6 is 15.9 Å². The predicted molar refractivity (Wildman–Crippen MR) is 68.3 cm³/mol. The fourth-order valence-corrected chi connectivity index (χ4v) is 1.95. The lowest BCUT2D eigenvalue weighted by Crippen LogP contribution is -2.41. The van der Waals surface area contributed by atoms with Crippen molar-refractivity contribution in [1.29, 1.82) is 0 Å². The van der Waals surface area contributed by atoms with Crippen molar-refractivity contribution in [3.05, 3.63) is 39.6 Å². The maximum atomic E-state index is 13.8. The van der Waals surface area contributed by atoms with Crippen molar-refractivity contribution < 1.29 is 23.5 Å². The van der Waals surface area contributed by atoms with Gasteiger partial charge in [-0.3, -0.25) is 0 Å². The topological polar surface area (TPSA) is 52.6 Å². The van der Waals surface area contributed by atoms with Crippen LogP contribution in [0.3, 0.4) is 0 Å². The highest BCUT2D eigenvalue weighted by atomic mass is 79.9. The molecule has 0 amide bonds. The fraction of sp³-hybridized carbons (Fsp3) is 0.231. The standard InChI is InChI=1S/C13H10BrFO4/c1-13(2)18-11(16)8(12(17)19-13)6-7-4-3-5-9(14)10(7)15/h3-6H,1-2H3. The molecule has 0 spiro atoms. The van der Waals surface area contributed by atoms with Crippen LogP contribution in [0.1, 0.15) is 19.4 Å². The second kappa shape index (κ2) is 4.77. The number of hydrogen-bond acceptors (Lipinski definition) is 4. The molecule has 1 aliphatic rings. The lowest BCUT2D eigenvalue weighted by Gasteiger charge is -2.29. The minimum Gasteiger partial charge on any atom is -0.419 e. The molecule has 1 heterocycles. The quantitative estimate of drug-likeness (QED) is 0.452. The maximum Gasteiger partial charge on any atom is 0.348 e. The number of ether oxygens (including phenoxy) is 2. The predicted octanol–water partition coefficient (Wildman–Crippen LogP) is 2.81. The average Bonchev–Trinajstić information content (AvgIpc) is 2.27. The lowest BCUT2D eigenvalue weighted by atomic mass is 10.1. The molecule has 100 valence electrons. The van der Waals surface area contributed by atoms with Gasteiger partial charge < -0.3 is 9.47 Å². The Bertz CT molecular complexity index is 570. The number of halogens is 2. The Morgan fingerprint density at radius 3 is 2.37 bits per heavy atom. The van der Waals surface area contributed by atoms with E-state index in [4.69, 9.17) is 9.47 Å². The number of esters is 2. The van der Waals surface area contributed by atoms with E-state index >= 15 is 0 Å². The second-order valence-electron chi connectivity index (χ2n) is 4.38. The van der Waals surface area contributed by atoms with E-state index in [1.807, 2.05) is 0 Å². The SMILES string of the molecule is CC1(C)OC(=O)C(=Cc2cccc(Br)c2F)C(=O)O1. The molecule has 19 heavy (non-hydrogen) atoms. The third-order valence-electron chi connectivity index (χ3n) is 2.40. The summed E-state index contributed by atoms with van der Waals surface area (Å²) in [6, 6.07) is 4.54. The van der Waals surface area contributed by atoms with Gasteiger partial charge in [-0.2, -0.15) is 0 Å². The van der Waals surface area contributed by atoms with Gasteiger partial charge in [-0.25, -0.2) is 14.0 Å². The van der Waals surface area contributed by atoms with Crippen LogP contribution in [0.5, 0.6) is 0 Å². The highest BCUT2D eigenvalue weighted by Crippen LogP contribution is 2.26. The van der Waals surface area contributed by atoms with E-state index < -0.39 is 23.5 Å². The minimum atomic E-state index is -1.30. The first-order valence-electron chi connectivity index (χ1n) is 5.42. The van der Waals surface area contributed by atoms with Gasteiger partial charge >= 0.3 is 11.9 Å². The average molecular weight is 329 g/mol. The molecule has 0 atom stereocenters. The second-order valence-corrected chi connectivity index (χ2v) is 5.23. The van der Waals surface area contributed by atoms with Crippen molar-refractivity contribution in [2.45, 2.75) is 19.6 Å². The van der Waals surface area contributed by atoms with Gasteiger partial charge in [0.25, 0.3) is 5.79 Å². The Hall–Kier alpha value is -1.69. The van der Waals surface area contributed by atoms with Gasteiger partial charge in [-0.05, 0) is 28.1 Å². The molecule has 1 fully saturated rings. The van der Waals surface area contributed by atoms with E-state index in [0.29, 0.717) is 0 Å². The highest BCUT2D eigenvalue weighted by Gasteiger charge is 2.38. The monoisotopic (exact) mass is 328 g/mol. The molecule has 6 heteroatoms.